The van der Waals surface area contributed by atoms with Crippen LogP contribution in [-0.4, -0.2) is 10.3 Å². The molecular formula is C50H32N2O2. The zero-order valence-corrected chi connectivity index (χ0v) is 29.5. The Morgan fingerprint density at radius 3 is 1.98 bits per heavy atom. The molecule has 0 amide bonds. The molecular weight excluding hydrogens is 661 g/mol. The Labute approximate surface area is 310 Å². The predicted molar refractivity (Wildman–Crippen MR) is 226 cm³/mol. The van der Waals surface area contributed by atoms with Crippen molar-refractivity contribution in [1.82, 2.24) is 4.57 Å². The number of para-hydroxylation sites is 2. The molecule has 3 aromatic heterocycles. The van der Waals surface area contributed by atoms with Gasteiger partial charge in [0.25, 0.3) is 0 Å². The molecule has 0 unspecified atom stereocenters. The van der Waals surface area contributed by atoms with E-state index in [4.69, 9.17) is 13.8 Å². The number of aryl methyl sites for hydroxylation is 1. The lowest BCUT2D eigenvalue weighted by atomic mass is 9.96. The molecule has 4 nitrogen and oxygen atoms in total. The first-order valence-electron chi connectivity index (χ1n) is 18.2. The van der Waals surface area contributed by atoms with Crippen LogP contribution in [0.4, 0.5) is 5.88 Å². The molecule has 0 saturated heterocycles. The monoisotopic (exact) mass is 692 g/mol. The lowest BCUT2D eigenvalue weighted by molar-refractivity contribution is 0.623. The first-order chi connectivity index (χ1) is 26.6. The van der Waals surface area contributed by atoms with Gasteiger partial charge in [-0.1, -0.05) is 134 Å². The molecule has 0 aliphatic carbocycles. The van der Waals surface area contributed by atoms with Crippen molar-refractivity contribution in [3.63, 3.8) is 0 Å². The van der Waals surface area contributed by atoms with Crippen molar-refractivity contribution in [3.8, 4) is 5.69 Å². The highest BCUT2D eigenvalue weighted by Gasteiger charge is 2.24. The van der Waals surface area contributed by atoms with E-state index in [1.165, 1.54) is 26.9 Å². The second kappa shape index (κ2) is 11.7. The van der Waals surface area contributed by atoms with Gasteiger partial charge in [0.1, 0.15) is 11.2 Å². The number of rotatable bonds is 5. The first-order valence-corrected chi connectivity index (χ1v) is 18.2. The molecule has 0 aliphatic heterocycles. The number of nitrogens with zero attached hydrogens (tertiary/aromatic N) is 2. The molecule has 254 valence electrons. The quantitative estimate of drug-likeness (QED) is 0.169. The summed E-state index contributed by atoms with van der Waals surface area (Å²) in [5.74, 6) is 0.577. The minimum absolute atomic E-state index is 0.577. The van der Waals surface area contributed by atoms with Crippen LogP contribution in [0.3, 0.4) is 0 Å². The maximum absolute atomic E-state index is 7.00. The normalized spacial score (nSPS) is 12.4. The van der Waals surface area contributed by atoms with Crippen molar-refractivity contribution < 1.29 is 8.83 Å². The van der Waals surface area contributed by atoms with Gasteiger partial charge >= 0.3 is 0 Å². The Balaban J connectivity index is 1.22. The summed E-state index contributed by atoms with van der Waals surface area (Å²) < 4.78 is 15.7. The van der Waals surface area contributed by atoms with E-state index in [2.05, 4.69) is 145 Å². The van der Waals surface area contributed by atoms with Gasteiger partial charge in [-0.3, -0.25) is 0 Å². The van der Waals surface area contributed by atoms with E-state index in [0.717, 1.165) is 83.0 Å². The number of hydrogen-bond acceptors (Lipinski definition) is 3. The zero-order chi connectivity index (χ0) is 35.9. The fourth-order valence-corrected chi connectivity index (χ4v) is 8.38. The second-order valence-electron chi connectivity index (χ2n) is 14.0. The molecule has 0 bridgehead atoms. The van der Waals surface area contributed by atoms with E-state index in [1.54, 1.807) is 0 Å². The summed E-state index contributed by atoms with van der Waals surface area (Å²) in [5.41, 5.74) is 10.2. The van der Waals surface area contributed by atoms with E-state index < -0.39 is 0 Å². The van der Waals surface area contributed by atoms with Crippen LogP contribution in [0, 0.1) is 6.92 Å². The van der Waals surface area contributed by atoms with Gasteiger partial charge in [0, 0.05) is 49.3 Å². The number of hydrogen-bond donors (Lipinski definition) is 0. The summed E-state index contributed by atoms with van der Waals surface area (Å²) >= 11 is 0. The van der Waals surface area contributed by atoms with Gasteiger partial charge in [0.2, 0.25) is 5.88 Å². The summed E-state index contributed by atoms with van der Waals surface area (Å²) in [6.45, 7) is 6.67. The minimum Gasteiger partial charge on any atom is -0.454 e. The van der Waals surface area contributed by atoms with Crippen LogP contribution in [0.5, 0.6) is 0 Å². The average Bonchev–Trinajstić information content (AvgIpc) is 3.88. The van der Waals surface area contributed by atoms with E-state index in [0.29, 0.717) is 5.88 Å². The summed E-state index contributed by atoms with van der Waals surface area (Å²) in [7, 11) is 0. The number of allylic oxidation sites excluding steroid dienone is 1. The van der Waals surface area contributed by atoms with Crippen molar-refractivity contribution in [3.05, 3.63) is 187 Å². The van der Waals surface area contributed by atoms with Gasteiger partial charge in [0.05, 0.1) is 16.7 Å². The Bertz CT molecular complexity index is 3360. The predicted octanol–water partition coefficient (Wildman–Crippen LogP) is 13.9. The van der Waals surface area contributed by atoms with Crippen molar-refractivity contribution in [1.29, 1.82) is 0 Å². The fourth-order valence-electron chi connectivity index (χ4n) is 8.38. The Hall–Kier alpha value is -7.17. The van der Waals surface area contributed by atoms with Gasteiger partial charge in [-0.15, -0.1) is 0 Å². The van der Waals surface area contributed by atoms with Crippen LogP contribution in [0.15, 0.2) is 184 Å². The van der Waals surface area contributed by atoms with Gasteiger partial charge in [-0.2, -0.15) is 0 Å². The molecule has 0 aliphatic rings. The van der Waals surface area contributed by atoms with Gasteiger partial charge in [-0.25, -0.2) is 4.99 Å². The van der Waals surface area contributed by atoms with Crippen molar-refractivity contribution >= 4 is 93.4 Å². The molecule has 0 fully saturated rings. The fraction of sp³-hybridized carbons (Fsp3) is 0.0200. The van der Waals surface area contributed by atoms with Crippen LogP contribution < -0.4 is 0 Å². The van der Waals surface area contributed by atoms with Crippen LogP contribution >= 0.6 is 0 Å². The average molecular weight is 693 g/mol. The summed E-state index contributed by atoms with van der Waals surface area (Å²) in [4.78, 5) is 5.26. The second-order valence-corrected chi connectivity index (χ2v) is 14.0. The molecule has 0 radical (unpaired) electrons. The Morgan fingerprint density at radius 1 is 0.537 bits per heavy atom. The third-order valence-electron chi connectivity index (χ3n) is 10.9. The van der Waals surface area contributed by atoms with Crippen molar-refractivity contribution in [2.24, 2.45) is 4.99 Å². The van der Waals surface area contributed by atoms with Crippen LogP contribution in [-0.2, 0) is 0 Å². The molecule has 0 spiro atoms. The van der Waals surface area contributed by atoms with Crippen LogP contribution in [0.25, 0.3) is 87.5 Å². The van der Waals surface area contributed by atoms with Crippen LogP contribution in [0.1, 0.15) is 16.7 Å². The molecule has 0 saturated carbocycles. The molecule has 8 aromatic carbocycles. The lowest BCUT2D eigenvalue weighted by Gasteiger charge is -2.14. The van der Waals surface area contributed by atoms with Crippen molar-refractivity contribution in [2.75, 3.05) is 0 Å². The molecule has 54 heavy (non-hydrogen) atoms. The molecule has 3 heterocycles. The minimum atomic E-state index is 0.577. The topological polar surface area (TPSA) is 43.6 Å². The maximum Gasteiger partial charge on any atom is 0.223 e. The van der Waals surface area contributed by atoms with Gasteiger partial charge in [-0.05, 0) is 70.4 Å². The van der Waals surface area contributed by atoms with Gasteiger partial charge < -0.3 is 13.4 Å². The number of aromatic nitrogens is 1. The number of benzene rings is 8. The molecule has 0 atom stereocenters. The maximum atomic E-state index is 7.00. The zero-order valence-electron chi connectivity index (χ0n) is 29.5. The molecule has 11 aromatic rings. The standard InChI is InChI=1S/C50H32N2O2/c1-30(32-15-4-3-5-16-32)47(51-50-31(2)37-21-11-13-26-43(37)54-50)35-19-14-20-36(27-35)52-42-25-12-10-24-40(42)45-38-22-8-9-23-39(38)46-41-28-33-17-6-7-18-34(33)29-44(41)53-49(46)48(45)52/h3-29H,1H2,2H3. The smallest absolute Gasteiger partial charge is 0.223 e. The number of aliphatic imine (C=N–C) groups is 1. The Kier molecular flexibility index (Phi) is 6.58. The molecule has 0 N–H and O–H groups in total. The third-order valence-corrected chi connectivity index (χ3v) is 10.9. The molecule has 4 heteroatoms. The lowest BCUT2D eigenvalue weighted by Crippen LogP contribution is -2.05. The highest BCUT2D eigenvalue weighted by molar-refractivity contribution is 6.36. The van der Waals surface area contributed by atoms with E-state index >= 15 is 0 Å². The summed E-state index contributed by atoms with van der Waals surface area (Å²) in [5, 5.41) is 10.3. The van der Waals surface area contributed by atoms with E-state index in [-0.39, 0.29) is 0 Å². The van der Waals surface area contributed by atoms with Crippen molar-refractivity contribution in [2.45, 2.75) is 6.92 Å². The Morgan fingerprint density at radius 2 is 1.19 bits per heavy atom. The molecule has 11 rings (SSSR count). The SMILES string of the molecule is C=C(C(=Nc1oc2ccccc2c1C)c1cccc(-n2c3ccccc3c3c4ccccc4c4c5cc6ccccc6cc5oc4c32)c1)c1ccccc1. The largest absolute Gasteiger partial charge is 0.454 e. The summed E-state index contributed by atoms with van der Waals surface area (Å²) in [6, 6.07) is 57.3. The number of fused-ring (bicyclic) bond motifs is 12. The first kappa shape index (κ1) is 30.5. The van der Waals surface area contributed by atoms with Gasteiger partial charge in [0.15, 0.2) is 5.58 Å². The highest BCUT2D eigenvalue weighted by Crippen LogP contribution is 2.46. The van der Waals surface area contributed by atoms with Crippen LogP contribution in [0.2, 0.25) is 0 Å². The van der Waals surface area contributed by atoms with E-state index in [1.807, 2.05) is 36.4 Å². The highest BCUT2D eigenvalue weighted by atomic mass is 16.3. The van der Waals surface area contributed by atoms with E-state index in [9.17, 15) is 0 Å². The summed E-state index contributed by atoms with van der Waals surface area (Å²) in [6.07, 6.45) is 0. The number of furan rings is 2. The third kappa shape index (κ3) is 4.47.